The fraction of sp³-hybridized carbons (Fsp3) is 0.0870. The highest BCUT2D eigenvalue weighted by Gasteiger charge is 2.31. The lowest BCUT2D eigenvalue weighted by molar-refractivity contribution is -0.384. The zero-order valence-corrected chi connectivity index (χ0v) is 17.3. The van der Waals surface area contributed by atoms with Gasteiger partial charge in [-0.25, -0.2) is 4.98 Å². The summed E-state index contributed by atoms with van der Waals surface area (Å²) in [4.78, 5) is 15.1. The van der Waals surface area contributed by atoms with Gasteiger partial charge >= 0.3 is 6.18 Å². The number of rotatable bonds is 6. The molecule has 5 nitrogen and oxygen atoms in total. The van der Waals surface area contributed by atoms with Crippen LogP contribution < -0.4 is 0 Å². The largest absolute Gasteiger partial charge is 0.416 e. The summed E-state index contributed by atoms with van der Waals surface area (Å²) in [7, 11) is 0. The molecule has 0 N–H and O–H groups in total. The van der Waals surface area contributed by atoms with E-state index < -0.39 is 16.7 Å². The maximum atomic E-state index is 13.3. The minimum Gasteiger partial charge on any atom is -0.287 e. The average molecular weight is 455 g/mol. The smallest absolute Gasteiger partial charge is 0.287 e. The molecule has 1 aromatic heterocycles. The first-order valence-corrected chi connectivity index (χ1v) is 10.5. The van der Waals surface area contributed by atoms with Gasteiger partial charge in [0.05, 0.1) is 22.4 Å². The summed E-state index contributed by atoms with van der Waals surface area (Å²) in [5.74, 6) is 0.561. The van der Waals surface area contributed by atoms with E-state index in [0.29, 0.717) is 22.2 Å². The Morgan fingerprint density at radius 1 is 0.969 bits per heavy atom. The zero-order chi connectivity index (χ0) is 22.7. The van der Waals surface area contributed by atoms with Crippen LogP contribution in [0.3, 0.4) is 0 Å². The van der Waals surface area contributed by atoms with Gasteiger partial charge in [0.25, 0.3) is 5.69 Å². The van der Waals surface area contributed by atoms with Crippen LogP contribution in [0.1, 0.15) is 11.1 Å². The first-order valence-electron chi connectivity index (χ1n) is 9.50. The molecule has 0 bridgehead atoms. The van der Waals surface area contributed by atoms with Gasteiger partial charge in [-0.15, -0.1) is 0 Å². The fourth-order valence-corrected chi connectivity index (χ4v) is 4.16. The van der Waals surface area contributed by atoms with E-state index in [1.165, 1.54) is 42.2 Å². The summed E-state index contributed by atoms with van der Waals surface area (Å²) in [6, 6.07) is 20.5. The number of hydrogen-bond acceptors (Lipinski definition) is 4. The van der Waals surface area contributed by atoms with E-state index in [-0.39, 0.29) is 11.4 Å². The van der Waals surface area contributed by atoms with Crippen molar-refractivity contribution in [3.63, 3.8) is 0 Å². The van der Waals surface area contributed by atoms with Gasteiger partial charge in [-0.05, 0) is 23.8 Å². The van der Waals surface area contributed by atoms with Crippen LogP contribution in [-0.2, 0) is 11.9 Å². The van der Waals surface area contributed by atoms with E-state index in [1.807, 2.05) is 30.3 Å². The summed E-state index contributed by atoms with van der Waals surface area (Å²) in [5.41, 5.74) is 1.35. The van der Waals surface area contributed by atoms with Gasteiger partial charge < -0.3 is 0 Å². The molecule has 162 valence electrons. The lowest BCUT2D eigenvalue weighted by Crippen LogP contribution is -2.07. The summed E-state index contributed by atoms with van der Waals surface area (Å²) in [5, 5.41) is 11.7. The lowest BCUT2D eigenvalue weighted by Gasteiger charge is -2.14. The van der Waals surface area contributed by atoms with Crippen LogP contribution in [-0.4, -0.2) is 14.5 Å². The van der Waals surface area contributed by atoms with Crippen LogP contribution in [0, 0.1) is 10.1 Å². The number of non-ortho nitro benzene ring substituents is 1. The standard InChI is InChI=1S/C23H16F3N3O2S/c24-23(25,26)18-9-5-10-19(13-18)28-21(17-8-4-11-20(12-17)29(30)31)14-27-22(28)32-15-16-6-2-1-3-7-16/h1-14H,15H2. The Labute approximate surface area is 185 Å². The van der Waals surface area contributed by atoms with Gasteiger partial charge in [0.15, 0.2) is 5.16 Å². The SMILES string of the molecule is O=[N+]([O-])c1cccc(-c2cnc(SCc3ccccc3)n2-c2cccc(C(F)(F)F)c2)c1. The van der Waals surface area contributed by atoms with Gasteiger partial charge in [-0.3, -0.25) is 14.7 Å². The number of nitro benzene ring substituents is 1. The first-order chi connectivity index (χ1) is 15.3. The molecule has 0 radical (unpaired) electrons. The molecule has 3 aromatic carbocycles. The second-order valence-electron chi connectivity index (χ2n) is 6.89. The van der Waals surface area contributed by atoms with Crippen LogP contribution in [0.5, 0.6) is 0 Å². The second-order valence-corrected chi connectivity index (χ2v) is 7.83. The highest BCUT2D eigenvalue weighted by atomic mass is 32.2. The van der Waals surface area contributed by atoms with E-state index in [1.54, 1.807) is 16.7 Å². The van der Waals surface area contributed by atoms with Crippen molar-refractivity contribution in [2.75, 3.05) is 0 Å². The van der Waals surface area contributed by atoms with Gasteiger partial charge in [-0.2, -0.15) is 13.2 Å². The normalized spacial score (nSPS) is 11.5. The van der Waals surface area contributed by atoms with Crippen molar-refractivity contribution in [2.45, 2.75) is 17.1 Å². The summed E-state index contributed by atoms with van der Waals surface area (Å²) in [6.45, 7) is 0. The molecule has 4 rings (SSSR count). The number of imidazole rings is 1. The molecule has 0 amide bonds. The maximum Gasteiger partial charge on any atom is 0.416 e. The predicted molar refractivity (Wildman–Crippen MR) is 117 cm³/mol. The van der Waals surface area contributed by atoms with Crippen molar-refractivity contribution < 1.29 is 18.1 Å². The quantitative estimate of drug-likeness (QED) is 0.183. The summed E-state index contributed by atoms with van der Waals surface area (Å²) >= 11 is 1.37. The third kappa shape index (κ3) is 4.67. The third-order valence-corrected chi connectivity index (χ3v) is 5.75. The van der Waals surface area contributed by atoms with Crippen molar-refractivity contribution in [1.29, 1.82) is 0 Å². The number of aromatic nitrogens is 2. The highest BCUT2D eigenvalue weighted by Crippen LogP contribution is 2.35. The first kappa shape index (κ1) is 21.6. The molecule has 0 fully saturated rings. The Hall–Kier alpha value is -3.59. The Morgan fingerprint density at radius 3 is 2.44 bits per heavy atom. The van der Waals surface area contributed by atoms with Crippen LogP contribution in [0.4, 0.5) is 18.9 Å². The summed E-state index contributed by atoms with van der Waals surface area (Å²) in [6.07, 6.45) is -2.98. The molecule has 1 heterocycles. The number of hydrogen-bond donors (Lipinski definition) is 0. The molecule has 0 unspecified atom stereocenters. The van der Waals surface area contributed by atoms with Crippen LogP contribution in [0.2, 0.25) is 0 Å². The number of halogens is 3. The lowest BCUT2D eigenvalue weighted by atomic mass is 10.1. The molecule has 0 aliphatic carbocycles. The minimum atomic E-state index is -4.50. The van der Waals surface area contributed by atoms with Gasteiger partial charge in [0.1, 0.15) is 0 Å². The monoisotopic (exact) mass is 455 g/mol. The molecule has 0 saturated carbocycles. The molecule has 0 aliphatic heterocycles. The fourth-order valence-electron chi connectivity index (χ4n) is 3.21. The molecular formula is C23H16F3N3O2S. The van der Waals surface area contributed by atoms with Crippen molar-refractivity contribution in [3.8, 4) is 16.9 Å². The third-order valence-electron chi connectivity index (χ3n) is 4.72. The number of alkyl halides is 3. The Balaban J connectivity index is 1.82. The van der Waals surface area contributed by atoms with E-state index in [0.717, 1.165) is 17.7 Å². The van der Waals surface area contributed by atoms with E-state index >= 15 is 0 Å². The molecule has 0 saturated heterocycles. The van der Waals surface area contributed by atoms with Gasteiger partial charge in [0.2, 0.25) is 0 Å². The zero-order valence-electron chi connectivity index (χ0n) is 16.5. The molecule has 0 spiro atoms. The van der Waals surface area contributed by atoms with Crippen LogP contribution in [0.25, 0.3) is 16.9 Å². The molecule has 32 heavy (non-hydrogen) atoms. The van der Waals surface area contributed by atoms with Crippen LogP contribution in [0.15, 0.2) is 90.2 Å². The second kappa shape index (κ2) is 8.88. The van der Waals surface area contributed by atoms with Crippen LogP contribution >= 0.6 is 11.8 Å². The maximum absolute atomic E-state index is 13.3. The van der Waals surface area contributed by atoms with Gasteiger partial charge in [0, 0.05) is 29.1 Å². The van der Waals surface area contributed by atoms with Crippen molar-refractivity contribution in [3.05, 3.63) is 106 Å². The molecule has 4 aromatic rings. The minimum absolute atomic E-state index is 0.113. The Morgan fingerprint density at radius 2 is 1.72 bits per heavy atom. The van der Waals surface area contributed by atoms with E-state index in [9.17, 15) is 23.3 Å². The number of nitrogens with zero attached hydrogens (tertiary/aromatic N) is 3. The topological polar surface area (TPSA) is 61.0 Å². The highest BCUT2D eigenvalue weighted by molar-refractivity contribution is 7.98. The van der Waals surface area contributed by atoms with Crippen molar-refractivity contribution in [1.82, 2.24) is 9.55 Å². The Bertz CT molecular complexity index is 1260. The van der Waals surface area contributed by atoms with Crippen molar-refractivity contribution in [2.24, 2.45) is 0 Å². The van der Waals surface area contributed by atoms with E-state index in [2.05, 4.69) is 4.98 Å². The molecule has 0 atom stereocenters. The van der Waals surface area contributed by atoms with Crippen molar-refractivity contribution >= 4 is 17.4 Å². The predicted octanol–water partition coefficient (Wildman–Crippen LogP) is 6.76. The molecule has 9 heteroatoms. The number of nitro groups is 1. The van der Waals surface area contributed by atoms with Gasteiger partial charge in [-0.1, -0.05) is 60.3 Å². The summed E-state index contributed by atoms with van der Waals surface area (Å²) < 4.78 is 41.6. The average Bonchev–Trinajstić information content (AvgIpc) is 3.22. The Kier molecular flexibility index (Phi) is 6.00. The molecule has 0 aliphatic rings. The molecular weight excluding hydrogens is 439 g/mol. The number of thioether (sulfide) groups is 1. The number of benzene rings is 3. The van der Waals surface area contributed by atoms with E-state index in [4.69, 9.17) is 0 Å².